The van der Waals surface area contributed by atoms with E-state index in [1.807, 2.05) is 0 Å². The number of hydroxylamine groups is 1. The molecule has 12 nitrogen and oxygen atoms in total. The number of likely N-dealkylation sites (tertiary alicyclic amines) is 1. The molecule has 2 heterocycles. The van der Waals surface area contributed by atoms with Gasteiger partial charge in [0.15, 0.2) is 0 Å². The summed E-state index contributed by atoms with van der Waals surface area (Å²) < 4.78 is 10.8. The molecule has 0 saturated carbocycles. The molecule has 0 aromatic rings. The number of piperidine rings is 1. The van der Waals surface area contributed by atoms with Gasteiger partial charge in [0.2, 0.25) is 5.91 Å². The summed E-state index contributed by atoms with van der Waals surface area (Å²) in [6.07, 6.45) is 2.40. The molecule has 3 amide bonds. The minimum absolute atomic E-state index is 0.0186. The second-order valence-corrected chi connectivity index (χ2v) is 10.8. The standard InChI is InChI=1S/C23H38N4O8/c1-21(2,3)33-20(32)27(35-22(4,5)6)24-12-8-7-9-17(28)25-13-10-23(11-14-25)16-26(15-18(29)30)19(31)34-23/h12H,7-11,13-16H2,1-6H3,(H,29,30). The lowest BCUT2D eigenvalue weighted by atomic mass is 9.91. The van der Waals surface area contributed by atoms with Crippen molar-refractivity contribution >= 4 is 30.3 Å². The Balaban J connectivity index is 1.78. The molecular formula is C23H38N4O8. The zero-order chi connectivity index (χ0) is 26.4. The molecule has 0 bridgehead atoms. The lowest BCUT2D eigenvalue weighted by Crippen LogP contribution is -2.48. The van der Waals surface area contributed by atoms with Gasteiger partial charge in [-0.1, -0.05) is 5.17 Å². The molecule has 1 spiro atoms. The number of unbranched alkanes of at least 4 members (excludes halogenated alkanes) is 1. The quantitative estimate of drug-likeness (QED) is 0.306. The maximum atomic E-state index is 12.6. The molecule has 0 aliphatic carbocycles. The highest BCUT2D eigenvalue weighted by Crippen LogP contribution is 2.33. The Bertz CT molecular complexity index is 822. The van der Waals surface area contributed by atoms with E-state index in [0.717, 1.165) is 5.17 Å². The largest absolute Gasteiger partial charge is 0.480 e. The molecule has 2 fully saturated rings. The molecule has 0 radical (unpaired) electrons. The molecule has 198 valence electrons. The minimum Gasteiger partial charge on any atom is -0.480 e. The number of carboxylic acids is 1. The van der Waals surface area contributed by atoms with Crippen molar-refractivity contribution in [3.8, 4) is 0 Å². The van der Waals surface area contributed by atoms with Gasteiger partial charge in [-0.3, -0.25) is 14.5 Å². The van der Waals surface area contributed by atoms with E-state index in [1.54, 1.807) is 46.4 Å². The van der Waals surface area contributed by atoms with Crippen LogP contribution in [0.25, 0.3) is 0 Å². The van der Waals surface area contributed by atoms with Gasteiger partial charge < -0.3 is 19.5 Å². The van der Waals surface area contributed by atoms with Crippen LogP contribution in [0, 0.1) is 0 Å². The number of ether oxygens (including phenoxy) is 2. The Labute approximate surface area is 206 Å². The Morgan fingerprint density at radius 2 is 1.77 bits per heavy atom. The van der Waals surface area contributed by atoms with E-state index in [-0.39, 0.29) is 12.5 Å². The van der Waals surface area contributed by atoms with Crippen molar-refractivity contribution in [1.29, 1.82) is 0 Å². The molecule has 0 unspecified atom stereocenters. The van der Waals surface area contributed by atoms with Crippen LogP contribution in [0.3, 0.4) is 0 Å². The molecular weight excluding hydrogens is 460 g/mol. The normalized spacial score (nSPS) is 18.2. The topological polar surface area (TPSA) is 138 Å². The molecule has 2 aliphatic heterocycles. The highest BCUT2D eigenvalue weighted by atomic mass is 16.8. The number of carbonyl (C=O) groups excluding carboxylic acids is 3. The van der Waals surface area contributed by atoms with Crippen LogP contribution in [0.4, 0.5) is 9.59 Å². The monoisotopic (exact) mass is 498 g/mol. The van der Waals surface area contributed by atoms with Crippen molar-refractivity contribution in [2.45, 2.75) is 90.4 Å². The fraction of sp³-hybridized carbons (Fsp3) is 0.783. The van der Waals surface area contributed by atoms with Crippen molar-refractivity contribution in [2.24, 2.45) is 5.10 Å². The number of nitrogens with zero attached hydrogens (tertiary/aromatic N) is 4. The molecule has 0 aromatic heterocycles. The van der Waals surface area contributed by atoms with E-state index in [4.69, 9.17) is 19.4 Å². The first-order valence-corrected chi connectivity index (χ1v) is 11.8. The summed E-state index contributed by atoms with van der Waals surface area (Å²) in [6, 6.07) is 0. The Hall–Kier alpha value is -2.89. The van der Waals surface area contributed by atoms with Gasteiger partial charge in [-0.2, -0.15) is 5.10 Å². The van der Waals surface area contributed by atoms with E-state index in [2.05, 4.69) is 5.10 Å². The molecule has 35 heavy (non-hydrogen) atoms. The van der Waals surface area contributed by atoms with E-state index in [9.17, 15) is 19.2 Å². The number of rotatable bonds is 8. The van der Waals surface area contributed by atoms with Gasteiger partial charge in [0.1, 0.15) is 17.7 Å². The third-order valence-corrected chi connectivity index (χ3v) is 5.21. The number of hydrogen-bond donors (Lipinski definition) is 1. The first-order valence-electron chi connectivity index (χ1n) is 11.8. The van der Waals surface area contributed by atoms with E-state index in [0.29, 0.717) is 45.2 Å². The average molecular weight is 499 g/mol. The van der Waals surface area contributed by atoms with Crippen LogP contribution in [0.2, 0.25) is 0 Å². The summed E-state index contributed by atoms with van der Waals surface area (Å²) in [7, 11) is 0. The highest BCUT2D eigenvalue weighted by molar-refractivity contribution is 5.79. The number of hydrazone groups is 1. The van der Waals surface area contributed by atoms with Crippen molar-refractivity contribution in [1.82, 2.24) is 15.0 Å². The summed E-state index contributed by atoms with van der Waals surface area (Å²) in [5, 5.41) is 13.8. The maximum Gasteiger partial charge on any atom is 0.456 e. The van der Waals surface area contributed by atoms with E-state index < -0.39 is 41.5 Å². The molecule has 2 rings (SSSR count). The SMILES string of the molecule is CC(C)(C)OC(=O)N(N=CCCCC(=O)N1CCC2(CC1)CN(CC(=O)O)C(=O)O2)OC(C)(C)C. The predicted octanol–water partition coefficient (Wildman–Crippen LogP) is 3.01. The summed E-state index contributed by atoms with van der Waals surface area (Å²) in [5.74, 6) is -1.11. The number of amides is 3. The third-order valence-electron chi connectivity index (χ3n) is 5.21. The first-order chi connectivity index (χ1) is 16.1. The predicted molar refractivity (Wildman–Crippen MR) is 125 cm³/mol. The zero-order valence-corrected chi connectivity index (χ0v) is 21.5. The number of aliphatic carboxylic acids is 1. The molecule has 1 N–H and O–H groups in total. The Kier molecular flexibility index (Phi) is 9.10. The van der Waals surface area contributed by atoms with Crippen LogP contribution in [-0.2, 0) is 23.9 Å². The number of hydrogen-bond acceptors (Lipinski definition) is 8. The third kappa shape index (κ3) is 9.35. The van der Waals surface area contributed by atoms with E-state index >= 15 is 0 Å². The molecule has 0 aromatic carbocycles. The lowest BCUT2D eigenvalue weighted by Gasteiger charge is -2.37. The van der Waals surface area contributed by atoms with E-state index in [1.165, 1.54) is 11.1 Å². The first kappa shape index (κ1) is 28.3. The summed E-state index contributed by atoms with van der Waals surface area (Å²) in [6.45, 7) is 11.3. The van der Waals surface area contributed by atoms with Crippen molar-refractivity contribution in [2.75, 3.05) is 26.2 Å². The van der Waals surface area contributed by atoms with Gasteiger partial charge in [0.05, 0.1) is 12.1 Å². The van der Waals surface area contributed by atoms with Crippen LogP contribution in [0.5, 0.6) is 0 Å². The minimum atomic E-state index is -1.09. The molecule has 0 atom stereocenters. The maximum absolute atomic E-state index is 12.6. The fourth-order valence-corrected chi connectivity index (χ4v) is 3.70. The van der Waals surface area contributed by atoms with Gasteiger partial charge in [-0.25, -0.2) is 14.4 Å². The van der Waals surface area contributed by atoms with Crippen LogP contribution >= 0.6 is 0 Å². The van der Waals surface area contributed by atoms with Crippen LogP contribution in [-0.4, -0.2) is 93.3 Å². The van der Waals surface area contributed by atoms with Gasteiger partial charge in [-0.05, 0) is 54.4 Å². The second-order valence-electron chi connectivity index (χ2n) is 10.8. The zero-order valence-electron chi connectivity index (χ0n) is 21.5. The van der Waals surface area contributed by atoms with Gasteiger partial charge in [-0.15, -0.1) is 0 Å². The molecule has 2 saturated heterocycles. The Morgan fingerprint density at radius 1 is 1.14 bits per heavy atom. The number of carboxylic acid groups (broad SMARTS) is 1. The number of carbonyl (C=O) groups is 4. The van der Waals surface area contributed by atoms with Gasteiger partial charge in [0.25, 0.3) is 0 Å². The average Bonchev–Trinajstić information content (AvgIpc) is 2.98. The summed E-state index contributed by atoms with van der Waals surface area (Å²) in [4.78, 5) is 56.3. The van der Waals surface area contributed by atoms with Gasteiger partial charge >= 0.3 is 18.2 Å². The van der Waals surface area contributed by atoms with Crippen molar-refractivity contribution in [3.05, 3.63) is 0 Å². The smallest absolute Gasteiger partial charge is 0.456 e. The molecule has 12 heteroatoms. The van der Waals surface area contributed by atoms with Crippen molar-refractivity contribution in [3.63, 3.8) is 0 Å². The summed E-state index contributed by atoms with van der Waals surface area (Å²) in [5.41, 5.74) is -2.08. The lowest BCUT2D eigenvalue weighted by molar-refractivity contribution is -0.211. The van der Waals surface area contributed by atoms with Crippen LogP contribution in [0.15, 0.2) is 5.10 Å². The fourth-order valence-electron chi connectivity index (χ4n) is 3.70. The van der Waals surface area contributed by atoms with Crippen LogP contribution in [0.1, 0.15) is 73.6 Å². The highest BCUT2D eigenvalue weighted by Gasteiger charge is 2.47. The molecule has 2 aliphatic rings. The van der Waals surface area contributed by atoms with Crippen molar-refractivity contribution < 1.29 is 38.6 Å². The summed E-state index contributed by atoms with van der Waals surface area (Å²) >= 11 is 0. The Morgan fingerprint density at radius 3 is 2.31 bits per heavy atom. The van der Waals surface area contributed by atoms with Gasteiger partial charge in [0, 0.05) is 38.6 Å². The van der Waals surface area contributed by atoms with Crippen LogP contribution < -0.4 is 0 Å². The second kappa shape index (κ2) is 11.2.